The molecule has 0 bridgehead atoms. The minimum atomic E-state index is -0.162. The number of rotatable bonds is 9. The van der Waals surface area contributed by atoms with E-state index < -0.39 is 0 Å². The van der Waals surface area contributed by atoms with Crippen molar-refractivity contribution in [2.24, 2.45) is 0 Å². The maximum absolute atomic E-state index is 13.8. The fourth-order valence-electron chi connectivity index (χ4n) is 2.72. The molecule has 1 unspecified atom stereocenters. The number of thioether (sulfide) groups is 1. The minimum absolute atomic E-state index is 0.162. The van der Waals surface area contributed by atoms with E-state index in [2.05, 4.69) is 47.6 Å². The first kappa shape index (κ1) is 18.9. The van der Waals surface area contributed by atoms with E-state index in [1.165, 1.54) is 6.07 Å². The van der Waals surface area contributed by atoms with E-state index in [4.69, 9.17) is 0 Å². The number of halogens is 1. The van der Waals surface area contributed by atoms with Crippen LogP contribution in [0.4, 0.5) is 4.39 Å². The van der Waals surface area contributed by atoms with E-state index in [-0.39, 0.29) is 11.9 Å². The van der Waals surface area contributed by atoms with Gasteiger partial charge in [-0.05, 0) is 38.6 Å². The Kier molecular flexibility index (Phi) is 7.24. The van der Waals surface area contributed by atoms with Crippen molar-refractivity contribution in [1.29, 1.82) is 0 Å². The van der Waals surface area contributed by atoms with Gasteiger partial charge in [0.1, 0.15) is 5.82 Å². The summed E-state index contributed by atoms with van der Waals surface area (Å²) >= 11 is 1.56. The first-order chi connectivity index (χ1) is 11.6. The van der Waals surface area contributed by atoms with Crippen molar-refractivity contribution < 1.29 is 4.39 Å². The molecule has 2 rings (SSSR count). The number of hydrogen-bond acceptors (Lipinski definition) is 4. The molecule has 2 aromatic rings. The van der Waals surface area contributed by atoms with Gasteiger partial charge in [-0.1, -0.05) is 50.2 Å². The average molecular weight is 351 g/mol. The average Bonchev–Trinajstić information content (AvgIpc) is 2.95. The number of nitrogens with zero attached hydrogens (tertiary/aromatic N) is 4. The normalized spacial score (nSPS) is 12.8. The number of hydrogen-bond donors (Lipinski definition) is 0. The number of unbranched alkanes of at least 4 members (excludes halogenated alkanes) is 1. The van der Waals surface area contributed by atoms with E-state index in [9.17, 15) is 4.39 Å². The molecule has 0 amide bonds. The number of benzene rings is 1. The zero-order valence-electron chi connectivity index (χ0n) is 15.0. The molecule has 24 heavy (non-hydrogen) atoms. The maximum atomic E-state index is 13.8. The summed E-state index contributed by atoms with van der Waals surface area (Å²) in [6, 6.07) is 7.16. The first-order valence-electron chi connectivity index (χ1n) is 8.54. The molecule has 0 saturated carbocycles. The minimum Gasteiger partial charge on any atom is -0.305 e. The van der Waals surface area contributed by atoms with Gasteiger partial charge in [0.25, 0.3) is 0 Å². The molecule has 0 aliphatic heterocycles. The smallest absolute Gasteiger partial charge is 0.191 e. The third kappa shape index (κ3) is 4.57. The highest BCUT2D eigenvalue weighted by atomic mass is 32.2. The molecule has 1 aromatic heterocycles. The molecule has 0 aliphatic carbocycles. The van der Waals surface area contributed by atoms with Crippen LogP contribution < -0.4 is 0 Å². The second-order valence-corrected chi connectivity index (χ2v) is 7.06. The van der Waals surface area contributed by atoms with Gasteiger partial charge in [-0.25, -0.2) is 4.39 Å². The lowest BCUT2D eigenvalue weighted by Gasteiger charge is -2.23. The Balaban J connectivity index is 2.22. The van der Waals surface area contributed by atoms with E-state index in [1.54, 1.807) is 17.8 Å². The van der Waals surface area contributed by atoms with Gasteiger partial charge in [-0.15, -0.1) is 10.2 Å². The van der Waals surface area contributed by atoms with Crippen LogP contribution in [0.5, 0.6) is 0 Å². The molecule has 0 spiro atoms. The summed E-state index contributed by atoms with van der Waals surface area (Å²) in [5.74, 6) is 1.41. The largest absolute Gasteiger partial charge is 0.305 e. The van der Waals surface area contributed by atoms with Crippen LogP contribution >= 0.6 is 11.8 Å². The second-order valence-electron chi connectivity index (χ2n) is 6.11. The molecular weight excluding hydrogens is 323 g/mol. The van der Waals surface area contributed by atoms with Crippen molar-refractivity contribution in [3.8, 4) is 0 Å². The lowest BCUT2D eigenvalue weighted by atomic mass is 10.2. The third-order valence-electron chi connectivity index (χ3n) is 4.10. The summed E-state index contributed by atoms with van der Waals surface area (Å²) in [6.07, 6.45) is 3.19. The van der Waals surface area contributed by atoms with Gasteiger partial charge in [0, 0.05) is 12.3 Å². The molecule has 1 heterocycles. The van der Waals surface area contributed by atoms with Crippen LogP contribution in [0.25, 0.3) is 0 Å². The number of aromatic nitrogens is 3. The molecule has 0 aliphatic rings. The van der Waals surface area contributed by atoms with Gasteiger partial charge in [-0.3, -0.25) is 4.90 Å². The maximum Gasteiger partial charge on any atom is 0.191 e. The van der Waals surface area contributed by atoms with Gasteiger partial charge >= 0.3 is 0 Å². The zero-order chi connectivity index (χ0) is 17.5. The van der Waals surface area contributed by atoms with Gasteiger partial charge in [0.15, 0.2) is 11.0 Å². The quantitative estimate of drug-likeness (QED) is 0.623. The molecule has 0 saturated heterocycles. The van der Waals surface area contributed by atoms with Crippen molar-refractivity contribution >= 4 is 11.8 Å². The van der Waals surface area contributed by atoms with Gasteiger partial charge in [0.2, 0.25) is 0 Å². The Morgan fingerprint density at radius 2 is 1.96 bits per heavy atom. The Hall–Kier alpha value is -1.40. The van der Waals surface area contributed by atoms with Gasteiger partial charge in [-0.2, -0.15) is 0 Å². The SMILES string of the molecule is CCCCn1c(SCc2ccccc2F)nnc1C(CC)N(C)C. The van der Waals surface area contributed by atoms with E-state index >= 15 is 0 Å². The molecule has 6 heteroatoms. The van der Waals surface area contributed by atoms with E-state index in [1.807, 2.05) is 12.1 Å². The van der Waals surface area contributed by atoms with Crippen LogP contribution in [0, 0.1) is 5.82 Å². The monoisotopic (exact) mass is 350 g/mol. The zero-order valence-corrected chi connectivity index (χ0v) is 15.8. The van der Waals surface area contributed by atoms with Crippen molar-refractivity contribution in [1.82, 2.24) is 19.7 Å². The Morgan fingerprint density at radius 1 is 1.21 bits per heavy atom. The van der Waals surface area contributed by atoms with Crippen molar-refractivity contribution in [2.75, 3.05) is 14.1 Å². The van der Waals surface area contributed by atoms with Crippen LogP contribution in [0.15, 0.2) is 29.4 Å². The van der Waals surface area contributed by atoms with E-state index in [0.717, 1.165) is 36.8 Å². The highest BCUT2D eigenvalue weighted by molar-refractivity contribution is 7.98. The molecule has 1 atom stereocenters. The highest BCUT2D eigenvalue weighted by Crippen LogP contribution is 2.28. The molecule has 4 nitrogen and oxygen atoms in total. The summed E-state index contributed by atoms with van der Waals surface area (Å²) in [5, 5.41) is 9.72. The molecule has 1 aromatic carbocycles. The summed E-state index contributed by atoms with van der Waals surface area (Å²) in [4.78, 5) is 2.18. The Labute approximate surface area is 148 Å². The predicted molar refractivity (Wildman–Crippen MR) is 97.6 cm³/mol. The molecule has 132 valence electrons. The van der Waals surface area contributed by atoms with E-state index in [0.29, 0.717) is 11.3 Å². The van der Waals surface area contributed by atoms with Crippen LogP contribution in [0.3, 0.4) is 0 Å². The summed E-state index contributed by atoms with van der Waals surface area (Å²) in [5.41, 5.74) is 0.703. The van der Waals surface area contributed by atoms with Crippen molar-refractivity contribution in [2.45, 2.75) is 56.6 Å². The lowest BCUT2D eigenvalue weighted by molar-refractivity contribution is 0.270. The Morgan fingerprint density at radius 3 is 2.58 bits per heavy atom. The molecule has 0 N–H and O–H groups in total. The Bertz CT molecular complexity index is 642. The fraction of sp³-hybridized carbons (Fsp3) is 0.556. The van der Waals surface area contributed by atoms with Crippen molar-refractivity contribution in [3.63, 3.8) is 0 Å². The van der Waals surface area contributed by atoms with Crippen LogP contribution in [-0.2, 0) is 12.3 Å². The van der Waals surface area contributed by atoms with Crippen LogP contribution in [-0.4, -0.2) is 33.8 Å². The standard InChI is InChI=1S/C18H27FN4S/c1-5-7-12-23-17(16(6-2)22(3)4)20-21-18(23)24-13-14-10-8-9-11-15(14)19/h8-11,16H,5-7,12-13H2,1-4H3. The van der Waals surface area contributed by atoms with Crippen molar-refractivity contribution in [3.05, 3.63) is 41.5 Å². The third-order valence-corrected chi connectivity index (χ3v) is 5.12. The van der Waals surface area contributed by atoms with Gasteiger partial charge < -0.3 is 4.57 Å². The second kappa shape index (κ2) is 9.18. The highest BCUT2D eigenvalue weighted by Gasteiger charge is 2.21. The van der Waals surface area contributed by atoms with Gasteiger partial charge in [0.05, 0.1) is 6.04 Å². The van der Waals surface area contributed by atoms with Crippen LogP contribution in [0.2, 0.25) is 0 Å². The summed E-state index contributed by atoms with van der Waals surface area (Å²) in [7, 11) is 4.14. The predicted octanol–water partition coefficient (Wildman–Crippen LogP) is 4.52. The summed E-state index contributed by atoms with van der Waals surface area (Å²) in [6.45, 7) is 5.25. The fourth-order valence-corrected chi connectivity index (χ4v) is 3.67. The molecule has 0 fully saturated rings. The first-order valence-corrected chi connectivity index (χ1v) is 9.52. The molecular formula is C18H27FN4S. The summed E-state index contributed by atoms with van der Waals surface area (Å²) < 4.78 is 16.0. The lowest BCUT2D eigenvalue weighted by Crippen LogP contribution is -2.23. The van der Waals surface area contributed by atoms with Crippen LogP contribution in [0.1, 0.15) is 50.5 Å². The topological polar surface area (TPSA) is 34.0 Å². The molecule has 0 radical (unpaired) electrons.